The van der Waals surface area contributed by atoms with E-state index >= 15 is 0 Å². The number of aromatic nitrogens is 2. The summed E-state index contributed by atoms with van der Waals surface area (Å²) in [5.41, 5.74) is 2.59. The van der Waals surface area contributed by atoms with Gasteiger partial charge in [-0.05, 0) is 38.1 Å². The van der Waals surface area contributed by atoms with Gasteiger partial charge >= 0.3 is 0 Å². The Balaban J connectivity index is 1.96. The topological polar surface area (TPSA) is 49.8 Å². The highest BCUT2D eigenvalue weighted by Gasteiger charge is 2.08. The molecule has 0 saturated carbocycles. The van der Waals surface area contributed by atoms with Crippen molar-refractivity contribution in [3.8, 4) is 11.3 Å². The van der Waals surface area contributed by atoms with Gasteiger partial charge in [0.1, 0.15) is 11.6 Å². The summed E-state index contributed by atoms with van der Waals surface area (Å²) in [6.45, 7) is 4.07. The average Bonchev–Trinajstić information content (AvgIpc) is 2.57. The standard InChI is InChI=1S/C19H19FN4/c1-13(2)21-19-23-17(14-6-4-3-5-7-14)12-18(24-19)22-16-10-8-15(20)9-11-16/h3-13H,1-2H3,(H2,21,22,23,24). The van der Waals surface area contributed by atoms with Crippen LogP contribution in [0.2, 0.25) is 0 Å². The summed E-state index contributed by atoms with van der Waals surface area (Å²) >= 11 is 0. The zero-order chi connectivity index (χ0) is 16.9. The number of nitrogens with zero attached hydrogens (tertiary/aromatic N) is 2. The van der Waals surface area contributed by atoms with Crippen LogP contribution in [0, 0.1) is 5.82 Å². The molecule has 0 amide bonds. The van der Waals surface area contributed by atoms with Crippen molar-refractivity contribution >= 4 is 17.5 Å². The van der Waals surface area contributed by atoms with Crippen molar-refractivity contribution in [2.24, 2.45) is 0 Å². The molecule has 0 aliphatic carbocycles. The van der Waals surface area contributed by atoms with Crippen LogP contribution in [-0.4, -0.2) is 16.0 Å². The van der Waals surface area contributed by atoms with Crippen LogP contribution in [-0.2, 0) is 0 Å². The van der Waals surface area contributed by atoms with Crippen molar-refractivity contribution in [1.82, 2.24) is 9.97 Å². The van der Waals surface area contributed by atoms with E-state index in [1.54, 1.807) is 12.1 Å². The second-order valence-corrected chi connectivity index (χ2v) is 5.76. The highest BCUT2D eigenvalue weighted by molar-refractivity contribution is 5.67. The lowest BCUT2D eigenvalue weighted by molar-refractivity contribution is 0.628. The fourth-order valence-corrected chi connectivity index (χ4v) is 2.27. The van der Waals surface area contributed by atoms with E-state index in [0.717, 1.165) is 16.9 Å². The average molecular weight is 322 g/mol. The minimum absolute atomic E-state index is 0.217. The second-order valence-electron chi connectivity index (χ2n) is 5.76. The Morgan fingerprint density at radius 1 is 0.917 bits per heavy atom. The van der Waals surface area contributed by atoms with Gasteiger partial charge in [-0.3, -0.25) is 0 Å². The number of rotatable bonds is 5. The first-order valence-electron chi connectivity index (χ1n) is 7.84. The molecule has 122 valence electrons. The molecular formula is C19H19FN4. The number of anilines is 3. The van der Waals surface area contributed by atoms with E-state index in [9.17, 15) is 4.39 Å². The highest BCUT2D eigenvalue weighted by Crippen LogP contribution is 2.23. The first-order chi connectivity index (χ1) is 11.6. The number of benzene rings is 2. The van der Waals surface area contributed by atoms with Gasteiger partial charge in [0.2, 0.25) is 5.95 Å². The smallest absolute Gasteiger partial charge is 0.225 e. The Hall–Kier alpha value is -2.95. The summed E-state index contributed by atoms with van der Waals surface area (Å²) in [5, 5.41) is 6.43. The molecule has 5 heteroatoms. The maximum absolute atomic E-state index is 13.1. The molecule has 0 aliphatic heterocycles. The lowest BCUT2D eigenvalue weighted by atomic mass is 10.1. The van der Waals surface area contributed by atoms with Gasteiger partial charge in [0.15, 0.2) is 0 Å². The van der Waals surface area contributed by atoms with Crippen LogP contribution in [0.3, 0.4) is 0 Å². The van der Waals surface area contributed by atoms with E-state index in [-0.39, 0.29) is 11.9 Å². The van der Waals surface area contributed by atoms with Gasteiger partial charge in [0.25, 0.3) is 0 Å². The van der Waals surface area contributed by atoms with E-state index in [0.29, 0.717) is 11.8 Å². The lowest BCUT2D eigenvalue weighted by Gasteiger charge is -2.13. The predicted molar refractivity (Wildman–Crippen MR) is 95.9 cm³/mol. The van der Waals surface area contributed by atoms with E-state index in [1.807, 2.05) is 50.2 Å². The fraction of sp³-hybridized carbons (Fsp3) is 0.158. The molecule has 2 N–H and O–H groups in total. The molecule has 0 atom stereocenters. The monoisotopic (exact) mass is 322 g/mol. The molecule has 0 bridgehead atoms. The number of hydrogen-bond acceptors (Lipinski definition) is 4. The lowest BCUT2D eigenvalue weighted by Crippen LogP contribution is -2.13. The molecule has 3 aromatic rings. The van der Waals surface area contributed by atoms with Gasteiger partial charge in [0.05, 0.1) is 5.69 Å². The molecule has 0 aliphatic rings. The van der Waals surface area contributed by atoms with Gasteiger partial charge in [-0.25, -0.2) is 9.37 Å². The largest absolute Gasteiger partial charge is 0.352 e. The highest BCUT2D eigenvalue weighted by atomic mass is 19.1. The number of hydrogen-bond donors (Lipinski definition) is 2. The fourth-order valence-electron chi connectivity index (χ4n) is 2.27. The molecule has 1 aromatic heterocycles. The molecule has 24 heavy (non-hydrogen) atoms. The van der Waals surface area contributed by atoms with Crippen LogP contribution in [0.25, 0.3) is 11.3 Å². The molecule has 0 unspecified atom stereocenters. The Kier molecular flexibility index (Phi) is 4.70. The zero-order valence-corrected chi connectivity index (χ0v) is 13.6. The van der Waals surface area contributed by atoms with Crippen LogP contribution in [0.1, 0.15) is 13.8 Å². The first-order valence-corrected chi connectivity index (χ1v) is 7.84. The van der Waals surface area contributed by atoms with Crippen molar-refractivity contribution < 1.29 is 4.39 Å². The summed E-state index contributed by atoms with van der Waals surface area (Å²) in [4.78, 5) is 9.07. The van der Waals surface area contributed by atoms with Crippen LogP contribution in [0.5, 0.6) is 0 Å². The minimum Gasteiger partial charge on any atom is -0.352 e. The Labute approximate surface area is 140 Å². The predicted octanol–water partition coefficient (Wildman–Crippen LogP) is 4.85. The van der Waals surface area contributed by atoms with Crippen molar-refractivity contribution in [2.75, 3.05) is 10.6 Å². The quantitative estimate of drug-likeness (QED) is 0.705. The Morgan fingerprint density at radius 3 is 2.29 bits per heavy atom. The van der Waals surface area contributed by atoms with Gasteiger partial charge in [0, 0.05) is 23.4 Å². The van der Waals surface area contributed by atoms with E-state index in [1.165, 1.54) is 12.1 Å². The van der Waals surface area contributed by atoms with Gasteiger partial charge in [-0.1, -0.05) is 30.3 Å². The van der Waals surface area contributed by atoms with E-state index in [2.05, 4.69) is 20.6 Å². The summed E-state index contributed by atoms with van der Waals surface area (Å²) in [7, 11) is 0. The third kappa shape index (κ3) is 4.07. The summed E-state index contributed by atoms with van der Waals surface area (Å²) < 4.78 is 13.1. The molecule has 0 fully saturated rings. The maximum Gasteiger partial charge on any atom is 0.225 e. The van der Waals surface area contributed by atoms with Gasteiger partial charge < -0.3 is 10.6 Å². The van der Waals surface area contributed by atoms with E-state index < -0.39 is 0 Å². The minimum atomic E-state index is -0.268. The van der Waals surface area contributed by atoms with Gasteiger partial charge in [-0.2, -0.15) is 4.98 Å². The number of nitrogens with one attached hydrogen (secondary N) is 2. The van der Waals surface area contributed by atoms with Crippen molar-refractivity contribution in [3.63, 3.8) is 0 Å². The van der Waals surface area contributed by atoms with Crippen molar-refractivity contribution in [3.05, 3.63) is 66.5 Å². The van der Waals surface area contributed by atoms with Crippen molar-refractivity contribution in [1.29, 1.82) is 0 Å². The van der Waals surface area contributed by atoms with Crippen LogP contribution >= 0.6 is 0 Å². The zero-order valence-electron chi connectivity index (χ0n) is 13.6. The Bertz CT molecular complexity index is 801. The van der Waals surface area contributed by atoms with E-state index in [4.69, 9.17) is 0 Å². The molecule has 3 rings (SSSR count). The SMILES string of the molecule is CC(C)Nc1nc(Nc2ccc(F)cc2)cc(-c2ccccc2)n1. The van der Waals surface area contributed by atoms with Crippen LogP contribution in [0.15, 0.2) is 60.7 Å². The van der Waals surface area contributed by atoms with Crippen LogP contribution in [0.4, 0.5) is 21.8 Å². The molecule has 0 saturated heterocycles. The number of halogens is 1. The molecule has 0 spiro atoms. The van der Waals surface area contributed by atoms with Crippen molar-refractivity contribution in [2.45, 2.75) is 19.9 Å². The normalized spacial score (nSPS) is 10.7. The third-order valence-electron chi connectivity index (χ3n) is 3.33. The summed E-state index contributed by atoms with van der Waals surface area (Å²) in [5.74, 6) is 0.935. The molecule has 0 radical (unpaired) electrons. The summed E-state index contributed by atoms with van der Waals surface area (Å²) in [6.07, 6.45) is 0. The maximum atomic E-state index is 13.1. The molecule has 4 nitrogen and oxygen atoms in total. The van der Waals surface area contributed by atoms with Gasteiger partial charge in [-0.15, -0.1) is 0 Å². The summed E-state index contributed by atoms with van der Waals surface area (Å²) in [6, 6.07) is 18.2. The third-order valence-corrected chi connectivity index (χ3v) is 3.33. The second kappa shape index (κ2) is 7.08. The van der Waals surface area contributed by atoms with Crippen LogP contribution < -0.4 is 10.6 Å². The molecular weight excluding hydrogens is 303 g/mol. The first kappa shape index (κ1) is 15.9. The molecule has 1 heterocycles. The molecule has 2 aromatic carbocycles. The Morgan fingerprint density at radius 2 is 1.62 bits per heavy atom.